The van der Waals surface area contributed by atoms with E-state index >= 15 is 0 Å². The number of carboxylic acids is 1. The SMILES string of the molecule is COCCOCCCS(=O)C(C(=O)O)C(C)C. The smallest absolute Gasteiger partial charge is 0.319 e. The van der Waals surface area contributed by atoms with Gasteiger partial charge in [-0.15, -0.1) is 0 Å². The van der Waals surface area contributed by atoms with Gasteiger partial charge in [0.2, 0.25) is 0 Å². The van der Waals surface area contributed by atoms with Crippen LogP contribution in [0.25, 0.3) is 0 Å². The lowest BCUT2D eigenvalue weighted by molar-refractivity contribution is -0.137. The highest BCUT2D eigenvalue weighted by Crippen LogP contribution is 2.11. The Morgan fingerprint density at radius 2 is 1.94 bits per heavy atom. The molecule has 0 aliphatic heterocycles. The molecule has 6 heteroatoms. The molecule has 2 atom stereocenters. The number of methoxy groups -OCH3 is 1. The van der Waals surface area contributed by atoms with Crippen LogP contribution < -0.4 is 0 Å². The van der Waals surface area contributed by atoms with Gasteiger partial charge in [0.25, 0.3) is 0 Å². The average Bonchev–Trinajstić information content (AvgIpc) is 2.22. The molecule has 2 unspecified atom stereocenters. The molecule has 102 valence electrons. The summed E-state index contributed by atoms with van der Waals surface area (Å²) in [5, 5.41) is 8.16. The summed E-state index contributed by atoms with van der Waals surface area (Å²) < 4.78 is 21.8. The van der Waals surface area contributed by atoms with Gasteiger partial charge < -0.3 is 14.6 Å². The highest BCUT2D eigenvalue weighted by atomic mass is 32.2. The zero-order valence-corrected chi connectivity index (χ0v) is 11.5. The standard InChI is InChI=1S/C11H22O5S/c1-9(2)10(11(12)13)17(14)8-4-5-16-7-6-15-3/h9-10H,4-8H2,1-3H3,(H,12,13). The largest absolute Gasteiger partial charge is 0.480 e. The number of ether oxygens (including phenoxy) is 2. The first-order chi connectivity index (χ1) is 8.00. The van der Waals surface area contributed by atoms with E-state index in [0.29, 0.717) is 32.0 Å². The molecule has 0 aliphatic rings. The Hall–Kier alpha value is -0.460. The van der Waals surface area contributed by atoms with E-state index in [1.165, 1.54) is 0 Å². The third-order valence-corrected chi connectivity index (χ3v) is 4.20. The van der Waals surface area contributed by atoms with Crippen LogP contribution in [0.1, 0.15) is 20.3 Å². The number of aliphatic carboxylic acids is 1. The summed E-state index contributed by atoms with van der Waals surface area (Å²) in [4.78, 5) is 10.9. The van der Waals surface area contributed by atoms with Crippen LogP contribution in [-0.4, -0.2) is 53.2 Å². The number of carboxylic acid groups (broad SMARTS) is 1. The van der Waals surface area contributed by atoms with E-state index in [2.05, 4.69) is 0 Å². The maximum atomic E-state index is 11.8. The van der Waals surface area contributed by atoms with E-state index < -0.39 is 22.0 Å². The molecule has 0 radical (unpaired) electrons. The molecule has 0 aromatic heterocycles. The minimum atomic E-state index is -1.34. The molecule has 0 amide bonds. The third kappa shape index (κ3) is 7.46. The van der Waals surface area contributed by atoms with Gasteiger partial charge >= 0.3 is 5.97 Å². The van der Waals surface area contributed by atoms with Gasteiger partial charge in [0.05, 0.1) is 13.2 Å². The van der Waals surface area contributed by atoms with Crippen molar-refractivity contribution < 1.29 is 23.6 Å². The molecule has 0 rings (SSSR count). The fourth-order valence-electron chi connectivity index (χ4n) is 1.38. The van der Waals surface area contributed by atoms with Crippen LogP contribution in [0, 0.1) is 5.92 Å². The Balaban J connectivity index is 3.80. The van der Waals surface area contributed by atoms with Gasteiger partial charge in [0, 0.05) is 30.3 Å². The van der Waals surface area contributed by atoms with E-state index in [0.717, 1.165) is 0 Å². The van der Waals surface area contributed by atoms with Crippen molar-refractivity contribution in [2.24, 2.45) is 5.92 Å². The molecule has 0 saturated carbocycles. The van der Waals surface area contributed by atoms with E-state index in [1.807, 2.05) is 0 Å². The molecule has 0 aliphatic carbocycles. The van der Waals surface area contributed by atoms with Crippen LogP contribution in [0.15, 0.2) is 0 Å². The third-order valence-electron chi connectivity index (χ3n) is 2.20. The fourth-order valence-corrected chi connectivity index (χ4v) is 2.86. The maximum Gasteiger partial charge on any atom is 0.319 e. The lowest BCUT2D eigenvalue weighted by atomic mass is 10.1. The van der Waals surface area contributed by atoms with Gasteiger partial charge in [-0.25, -0.2) is 0 Å². The first kappa shape index (κ1) is 16.5. The number of carbonyl (C=O) groups is 1. The zero-order chi connectivity index (χ0) is 13.3. The molecule has 0 saturated heterocycles. The highest BCUT2D eigenvalue weighted by Gasteiger charge is 2.27. The molecule has 0 aromatic rings. The Kier molecular flexibility index (Phi) is 9.30. The summed E-state index contributed by atoms with van der Waals surface area (Å²) in [6, 6.07) is 0. The Morgan fingerprint density at radius 3 is 2.41 bits per heavy atom. The lowest BCUT2D eigenvalue weighted by Gasteiger charge is -2.15. The highest BCUT2D eigenvalue weighted by molar-refractivity contribution is 7.86. The monoisotopic (exact) mass is 266 g/mol. The van der Waals surface area contributed by atoms with Crippen molar-refractivity contribution in [3.8, 4) is 0 Å². The van der Waals surface area contributed by atoms with Crippen molar-refractivity contribution in [3.05, 3.63) is 0 Å². The van der Waals surface area contributed by atoms with Crippen LogP contribution >= 0.6 is 0 Å². The summed E-state index contributed by atoms with van der Waals surface area (Å²) in [5.74, 6) is -0.747. The topological polar surface area (TPSA) is 72.8 Å². The number of rotatable bonds is 10. The van der Waals surface area contributed by atoms with Gasteiger partial charge in [-0.1, -0.05) is 13.8 Å². The summed E-state index contributed by atoms with van der Waals surface area (Å²) in [6.07, 6.45) is 0.604. The second-order valence-electron chi connectivity index (χ2n) is 4.05. The lowest BCUT2D eigenvalue weighted by Crippen LogP contribution is -2.32. The molecule has 0 fully saturated rings. The van der Waals surface area contributed by atoms with Crippen molar-refractivity contribution >= 4 is 16.8 Å². The molecule has 0 spiro atoms. The molecule has 0 aromatic carbocycles. The van der Waals surface area contributed by atoms with Gasteiger partial charge in [0.1, 0.15) is 5.25 Å². The second kappa shape index (κ2) is 9.56. The van der Waals surface area contributed by atoms with Crippen molar-refractivity contribution in [3.63, 3.8) is 0 Å². The minimum absolute atomic E-state index is 0.122. The van der Waals surface area contributed by atoms with Crippen molar-refractivity contribution in [2.75, 3.05) is 32.7 Å². The first-order valence-corrected chi connectivity index (χ1v) is 7.05. The van der Waals surface area contributed by atoms with Crippen LogP contribution in [0.4, 0.5) is 0 Å². The van der Waals surface area contributed by atoms with Gasteiger partial charge in [0.15, 0.2) is 0 Å². The van der Waals surface area contributed by atoms with Crippen LogP contribution in [0.3, 0.4) is 0 Å². The number of hydrogen-bond acceptors (Lipinski definition) is 4. The summed E-state index contributed by atoms with van der Waals surface area (Å²) in [6.45, 7) is 5.07. The van der Waals surface area contributed by atoms with Crippen molar-refractivity contribution in [2.45, 2.75) is 25.5 Å². The van der Waals surface area contributed by atoms with Crippen molar-refractivity contribution in [1.82, 2.24) is 0 Å². The summed E-state index contributed by atoms with van der Waals surface area (Å²) in [7, 11) is 0.260. The van der Waals surface area contributed by atoms with E-state index in [4.69, 9.17) is 14.6 Å². The molecular weight excluding hydrogens is 244 g/mol. The van der Waals surface area contributed by atoms with E-state index in [9.17, 15) is 9.00 Å². The molecule has 5 nitrogen and oxygen atoms in total. The predicted octanol–water partition coefficient (Wildman–Crippen LogP) is 0.897. The Bertz CT molecular complexity index is 242. The molecule has 17 heavy (non-hydrogen) atoms. The van der Waals surface area contributed by atoms with Gasteiger partial charge in [-0.2, -0.15) is 0 Å². The molecule has 0 bridgehead atoms. The van der Waals surface area contributed by atoms with E-state index in [1.54, 1.807) is 21.0 Å². The molecular formula is C11H22O5S. The zero-order valence-electron chi connectivity index (χ0n) is 10.7. The average molecular weight is 266 g/mol. The van der Waals surface area contributed by atoms with Crippen molar-refractivity contribution in [1.29, 1.82) is 0 Å². The minimum Gasteiger partial charge on any atom is -0.480 e. The molecule has 1 N–H and O–H groups in total. The first-order valence-electron chi connectivity index (χ1n) is 5.67. The van der Waals surface area contributed by atoms with Gasteiger partial charge in [-0.3, -0.25) is 9.00 Å². The quantitative estimate of drug-likeness (QED) is 0.595. The second-order valence-corrected chi connectivity index (χ2v) is 5.72. The fraction of sp³-hybridized carbons (Fsp3) is 0.909. The van der Waals surface area contributed by atoms with Gasteiger partial charge in [-0.05, 0) is 12.3 Å². The molecule has 0 heterocycles. The van der Waals surface area contributed by atoms with E-state index in [-0.39, 0.29) is 5.92 Å². The Labute approximate surface area is 105 Å². The number of hydrogen-bond donors (Lipinski definition) is 1. The predicted molar refractivity (Wildman–Crippen MR) is 66.6 cm³/mol. The van der Waals surface area contributed by atoms with Crippen LogP contribution in [0.2, 0.25) is 0 Å². The van der Waals surface area contributed by atoms with Crippen LogP contribution in [-0.2, 0) is 25.1 Å². The Morgan fingerprint density at radius 1 is 1.29 bits per heavy atom. The summed E-state index contributed by atoms with van der Waals surface area (Å²) in [5.41, 5.74) is 0. The van der Waals surface area contributed by atoms with Crippen LogP contribution in [0.5, 0.6) is 0 Å². The normalized spacial score (nSPS) is 14.8. The summed E-state index contributed by atoms with van der Waals surface area (Å²) >= 11 is 0. The maximum absolute atomic E-state index is 11.8.